The Morgan fingerprint density at radius 2 is 1.59 bits per heavy atom. The number of anilines is 1. The molecule has 0 fully saturated rings. The highest BCUT2D eigenvalue weighted by molar-refractivity contribution is 6.30. The first-order valence-electron chi connectivity index (χ1n) is 7.26. The minimum absolute atomic E-state index is 0.0619. The molecule has 22 heavy (non-hydrogen) atoms. The van der Waals surface area contributed by atoms with Gasteiger partial charge in [0.05, 0.1) is 0 Å². The fourth-order valence-electron chi connectivity index (χ4n) is 2.05. The van der Waals surface area contributed by atoms with Gasteiger partial charge in [0.25, 0.3) is 0 Å². The molecule has 4 heteroatoms. The molecule has 2 rings (SSSR count). The number of halogens is 1. The van der Waals surface area contributed by atoms with E-state index in [0.29, 0.717) is 10.6 Å². The van der Waals surface area contributed by atoms with Gasteiger partial charge in [-0.25, -0.2) is 0 Å². The van der Waals surface area contributed by atoms with Crippen molar-refractivity contribution in [3.63, 3.8) is 0 Å². The van der Waals surface area contributed by atoms with Crippen molar-refractivity contribution >= 4 is 29.0 Å². The summed E-state index contributed by atoms with van der Waals surface area (Å²) in [7, 11) is 0. The van der Waals surface area contributed by atoms with Crippen LogP contribution in [0.15, 0.2) is 48.5 Å². The summed E-state index contributed by atoms with van der Waals surface area (Å²) in [5.41, 5.74) is 2.54. The highest BCUT2D eigenvalue weighted by atomic mass is 35.5. The number of carbonyl (C=O) groups is 2. The zero-order valence-electron chi connectivity index (χ0n) is 12.4. The number of carbonyl (C=O) groups excluding carboxylic acids is 2. The van der Waals surface area contributed by atoms with Crippen LogP contribution in [0.4, 0.5) is 5.69 Å². The van der Waals surface area contributed by atoms with E-state index in [2.05, 4.69) is 12.2 Å². The second-order valence-electron chi connectivity index (χ2n) is 5.03. The maximum Gasteiger partial charge on any atom is 0.224 e. The standard InChI is InChI=1S/C18H18ClNO2/c1-2-13-3-9-16(10-4-13)20-18(22)12-11-17(21)14-5-7-15(19)8-6-14/h3-10H,2,11-12H2,1H3,(H,20,22). The van der Waals surface area contributed by atoms with Gasteiger partial charge in [-0.1, -0.05) is 30.7 Å². The van der Waals surface area contributed by atoms with E-state index in [-0.39, 0.29) is 24.5 Å². The molecule has 0 radical (unpaired) electrons. The fourth-order valence-corrected chi connectivity index (χ4v) is 2.18. The smallest absolute Gasteiger partial charge is 0.224 e. The molecule has 0 spiro atoms. The van der Waals surface area contributed by atoms with Crippen molar-refractivity contribution in [2.24, 2.45) is 0 Å². The second kappa shape index (κ2) is 7.76. The van der Waals surface area contributed by atoms with Crippen LogP contribution in [-0.2, 0) is 11.2 Å². The van der Waals surface area contributed by atoms with Crippen LogP contribution >= 0.6 is 11.6 Å². The summed E-state index contributed by atoms with van der Waals surface area (Å²) in [5.74, 6) is -0.222. The third-order valence-electron chi connectivity index (χ3n) is 3.39. The maximum atomic E-state index is 12.0. The maximum absolute atomic E-state index is 12.0. The van der Waals surface area contributed by atoms with Gasteiger partial charge in [0.15, 0.2) is 5.78 Å². The van der Waals surface area contributed by atoms with Crippen molar-refractivity contribution in [1.29, 1.82) is 0 Å². The van der Waals surface area contributed by atoms with Gasteiger partial charge in [0.1, 0.15) is 0 Å². The lowest BCUT2D eigenvalue weighted by Gasteiger charge is -2.06. The molecule has 0 aliphatic rings. The van der Waals surface area contributed by atoms with Gasteiger partial charge in [-0.05, 0) is 48.4 Å². The monoisotopic (exact) mass is 315 g/mol. The van der Waals surface area contributed by atoms with Gasteiger partial charge in [-0.2, -0.15) is 0 Å². The number of hydrogen-bond acceptors (Lipinski definition) is 2. The van der Waals surface area contributed by atoms with E-state index < -0.39 is 0 Å². The Labute approximate surface area is 135 Å². The van der Waals surface area contributed by atoms with E-state index in [9.17, 15) is 9.59 Å². The molecule has 114 valence electrons. The van der Waals surface area contributed by atoms with Gasteiger partial charge in [0.2, 0.25) is 5.91 Å². The first kappa shape index (κ1) is 16.2. The van der Waals surface area contributed by atoms with Crippen molar-refractivity contribution in [3.05, 3.63) is 64.7 Å². The van der Waals surface area contributed by atoms with Gasteiger partial charge in [-0.3, -0.25) is 9.59 Å². The van der Waals surface area contributed by atoms with Gasteiger partial charge in [0, 0.05) is 29.1 Å². The number of benzene rings is 2. The molecule has 0 heterocycles. The highest BCUT2D eigenvalue weighted by Gasteiger charge is 2.09. The Kier molecular flexibility index (Phi) is 5.73. The predicted octanol–water partition coefficient (Wildman–Crippen LogP) is 4.50. The minimum Gasteiger partial charge on any atom is -0.326 e. The fraction of sp³-hybridized carbons (Fsp3) is 0.222. The van der Waals surface area contributed by atoms with Crippen molar-refractivity contribution < 1.29 is 9.59 Å². The third-order valence-corrected chi connectivity index (χ3v) is 3.64. The van der Waals surface area contributed by atoms with Crippen LogP contribution in [0.2, 0.25) is 5.02 Å². The Morgan fingerprint density at radius 1 is 0.955 bits per heavy atom. The van der Waals surface area contributed by atoms with E-state index in [1.54, 1.807) is 24.3 Å². The lowest BCUT2D eigenvalue weighted by atomic mass is 10.1. The van der Waals surface area contributed by atoms with E-state index >= 15 is 0 Å². The highest BCUT2D eigenvalue weighted by Crippen LogP contribution is 2.13. The molecule has 0 unspecified atom stereocenters. The summed E-state index contributed by atoms with van der Waals surface area (Å²) in [6.45, 7) is 2.08. The molecule has 0 bridgehead atoms. The summed E-state index contributed by atoms with van der Waals surface area (Å²) in [6, 6.07) is 14.4. The molecule has 0 saturated carbocycles. The number of hydrogen-bond donors (Lipinski definition) is 1. The lowest BCUT2D eigenvalue weighted by Crippen LogP contribution is -2.13. The minimum atomic E-state index is -0.161. The quantitative estimate of drug-likeness (QED) is 0.797. The number of nitrogens with one attached hydrogen (secondary N) is 1. The van der Waals surface area contributed by atoms with Crippen LogP contribution in [0.5, 0.6) is 0 Å². The third kappa shape index (κ3) is 4.71. The van der Waals surface area contributed by atoms with E-state index in [4.69, 9.17) is 11.6 Å². The van der Waals surface area contributed by atoms with Crippen LogP contribution in [0, 0.1) is 0 Å². The molecular formula is C18H18ClNO2. The largest absolute Gasteiger partial charge is 0.326 e. The summed E-state index contributed by atoms with van der Waals surface area (Å²) < 4.78 is 0. The molecule has 0 aromatic heterocycles. The molecule has 0 aliphatic carbocycles. The Morgan fingerprint density at radius 3 is 2.18 bits per heavy atom. The molecule has 0 saturated heterocycles. The van der Waals surface area contributed by atoms with Crippen LogP contribution in [-0.4, -0.2) is 11.7 Å². The molecular weight excluding hydrogens is 298 g/mol. The second-order valence-corrected chi connectivity index (χ2v) is 5.47. The molecule has 1 amide bonds. The molecule has 3 nitrogen and oxygen atoms in total. The van der Waals surface area contributed by atoms with E-state index in [1.807, 2.05) is 24.3 Å². The van der Waals surface area contributed by atoms with E-state index in [1.165, 1.54) is 5.56 Å². The van der Waals surface area contributed by atoms with Crippen molar-refractivity contribution in [1.82, 2.24) is 0 Å². The average molecular weight is 316 g/mol. The van der Waals surface area contributed by atoms with Gasteiger partial charge >= 0.3 is 0 Å². The Balaban J connectivity index is 1.84. The summed E-state index contributed by atoms with van der Waals surface area (Å²) in [5, 5.41) is 3.38. The van der Waals surface area contributed by atoms with Crippen LogP contribution in [0.3, 0.4) is 0 Å². The van der Waals surface area contributed by atoms with Crippen LogP contribution < -0.4 is 5.32 Å². The zero-order valence-corrected chi connectivity index (χ0v) is 13.2. The lowest BCUT2D eigenvalue weighted by molar-refractivity contribution is -0.116. The SMILES string of the molecule is CCc1ccc(NC(=O)CCC(=O)c2ccc(Cl)cc2)cc1. The van der Waals surface area contributed by atoms with Crippen molar-refractivity contribution in [2.45, 2.75) is 26.2 Å². The van der Waals surface area contributed by atoms with Crippen molar-refractivity contribution in [3.8, 4) is 0 Å². The first-order chi connectivity index (χ1) is 10.6. The molecule has 2 aromatic carbocycles. The van der Waals surface area contributed by atoms with Crippen LogP contribution in [0.25, 0.3) is 0 Å². The first-order valence-corrected chi connectivity index (χ1v) is 7.64. The number of ketones is 1. The molecule has 1 N–H and O–H groups in total. The van der Waals surface area contributed by atoms with Crippen LogP contribution in [0.1, 0.15) is 35.7 Å². The number of rotatable bonds is 6. The topological polar surface area (TPSA) is 46.2 Å². The zero-order chi connectivity index (χ0) is 15.9. The number of aryl methyl sites for hydroxylation is 1. The Hall–Kier alpha value is -2.13. The number of amides is 1. The molecule has 0 atom stereocenters. The van der Waals surface area contributed by atoms with Gasteiger partial charge < -0.3 is 5.32 Å². The summed E-state index contributed by atoms with van der Waals surface area (Å²) >= 11 is 5.78. The summed E-state index contributed by atoms with van der Waals surface area (Å²) in [6.07, 6.45) is 1.31. The number of Topliss-reactive ketones (excluding diaryl/α,β-unsaturated/α-hetero) is 1. The van der Waals surface area contributed by atoms with Crippen molar-refractivity contribution in [2.75, 3.05) is 5.32 Å². The Bertz CT molecular complexity index is 648. The molecule has 0 aliphatic heterocycles. The van der Waals surface area contributed by atoms with E-state index in [0.717, 1.165) is 12.1 Å². The predicted molar refractivity (Wildman–Crippen MR) is 89.5 cm³/mol. The average Bonchev–Trinajstić information content (AvgIpc) is 2.54. The normalized spacial score (nSPS) is 10.3. The summed E-state index contributed by atoms with van der Waals surface area (Å²) in [4.78, 5) is 23.8. The van der Waals surface area contributed by atoms with Gasteiger partial charge in [-0.15, -0.1) is 0 Å². The molecule has 2 aromatic rings.